The van der Waals surface area contributed by atoms with Gasteiger partial charge in [0.2, 0.25) is 0 Å². The average molecular weight is 335 g/mol. The van der Waals surface area contributed by atoms with E-state index in [0.29, 0.717) is 23.7 Å². The van der Waals surface area contributed by atoms with Crippen molar-refractivity contribution in [3.8, 4) is 0 Å². The molecule has 2 heteroatoms. The van der Waals surface area contributed by atoms with Crippen molar-refractivity contribution in [2.24, 2.45) is 23.7 Å². The first-order valence-corrected chi connectivity index (χ1v) is 9.83. The molecule has 0 unspecified atom stereocenters. The molecule has 0 saturated carbocycles. The van der Waals surface area contributed by atoms with Crippen LogP contribution in [0.25, 0.3) is 0 Å². The average Bonchev–Trinajstić information content (AvgIpc) is 2.77. The highest BCUT2D eigenvalue weighted by Gasteiger charge is 2.36. The van der Waals surface area contributed by atoms with Crippen molar-refractivity contribution in [1.82, 2.24) is 9.80 Å². The Kier molecular flexibility index (Phi) is 8.22. The van der Waals surface area contributed by atoms with Gasteiger partial charge in [0, 0.05) is 19.0 Å². The zero-order chi connectivity index (χ0) is 18.6. The van der Waals surface area contributed by atoms with Crippen LogP contribution in [0.2, 0.25) is 0 Å². The first-order valence-electron chi connectivity index (χ1n) is 9.83. The second kappa shape index (κ2) is 9.20. The molecule has 2 nitrogen and oxygen atoms in total. The summed E-state index contributed by atoms with van der Waals surface area (Å²) in [4.78, 5) is 4.66. The summed E-state index contributed by atoms with van der Waals surface area (Å²) in [5, 5.41) is 0. The summed E-state index contributed by atoms with van der Waals surface area (Å²) in [6, 6.07) is 0. The molecule has 1 rings (SSSR count). The maximum atomic E-state index is 2.41. The lowest BCUT2D eigenvalue weighted by molar-refractivity contribution is 0.380. The van der Waals surface area contributed by atoms with E-state index in [0.717, 1.165) is 13.1 Å². The molecule has 0 radical (unpaired) electrons. The molecule has 1 aliphatic rings. The lowest BCUT2D eigenvalue weighted by Gasteiger charge is -2.26. The van der Waals surface area contributed by atoms with Crippen LogP contribution in [0.5, 0.6) is 0 Å². The molecule has 0 N–H and O–H groups in total. The van der Waals surface area contributed by atoms with E-state index < -0.39 is 0 Å². The van der Waals surface area contributed by atoms with E-state index in [1.54, 1.807) is 22.3 Å². The third kappa shape index (κ3) is 5.20. The predicted octanol–water partition coefficient (Wildman–Crippen LogP) is 5.08. The summed E-state index contributed by atoms with van der Waals surface area (Å²) in [6.45, 7) is 16.7. The second-order valence-electron chi connectivity index (χ2n) is 9.02. The molecule has 0 atom stereocenters. The lowest BCUT2D eigenvalue weighted by atomic mass is 9.81. The highest BCUT2D eigenvalue weighted by molar-refractivity contribution is 5.52. The van der Waals surface area contributed by atoms with Crippen LogP contribution in [0, 0.1) is 23.7 Å². The molecule has 24 heavy (non-hydrogen) atoms. The number of rotatable bonds is 9. The number of hydrogen-bond acceptors (Lipinski definition) is 2. The topological polar surface area (TPSA) is 6.48 Å². The van der Waals surface area contributed by atoms with Crippen LogP contribution in [0.3, 0.4) is 0 Å². The highest BCUT2D eigenvalue weighted by Crippen LogP contribution is 2.49. The van der Waals surface area contributed by atoms with Gasteiger partial charge in [-0.1, -0.05) is 52.7 Å². The Hall–Kier alpha value is -0.600. The Morgan fingerprint density at radius 2 is 1.00 bits per heavy atom. The van der Waals surface area contributed by atoms with E-state index in [1.165, 1.54) is 12.8 Å². The maximum absolute atomic E-state index is 2.41. The smallest absolute Gasteiger partial charge is 0.00430 e. The molecular formula is C22H42N2. The van der Waals surface area contributed by atoms with Crippen molar-refractivity contribution in [3.63, 3.8) is 0 Å². The van der Waals surface area contributed by atoms with Gasteiger partial charge < -0.3 is 9.80 Å². The van der Waals surface area contributed by atoms with Gasteiger partial charge in [-0.05, 0) is 69.9 Å². The van der Waals surface area contributed by atoms with E-state index in [4.69, 9.17) is 0 Å². The van der Waals surface area contributed by atoms with Gasteiger partial charge in [-0.2, -0.15) is 0 Å². The molecule has 0 fully saturated rings. The summed E-state index contributed by atoms with van der Waals surface area (Å²) in [6.07, 6.45) is 2.43. The first kappa shape index (κ1) is 21.4. The summed E-state index contributed by atoms with van der Waals surface area (Å²) in [5.41, 5.74) is 6.87. The third-order valence-corrected chi connectivity index (χ3v) is 5.21. The van der Waals surface area contributed by atoms with Crippen molar-refractivity contribution >= 4 is 0 Å². The van der Waals surface area contributed by atoms with E-state index >= 15 is 0 Å². The highest BCUT2D eigenvalue weighted by atomic mass is 15.1. The minimum atomic E-state index is 0.623. The Balaban J connectivity index is 3.36. The molecule has 1 aliphatic carbocycles. The predicted molar refractivity (Wildman–Crippen MR) is 108 cm³/mol. The minimum Gasteiger partial charge on any atom is -0.309 e. The van der Waals surface area contributed by atoms with Crippen LogP contribution in [0.1, 0.15) is 54.4 Å². The maximum Gasteiger partial charge on any atom is 0.00430 e. The zero-order valence-electron chi connectivity index (χ0n) is 18.0. The first-order chi connectivity index (χ1) is 11.1. The Labute approximate surface area is 152 Å². The SMILES string of the molecule is CC(C)C1=C(CCN(C)C)C(C(C)C)C(CCN(C)C)=C1C(C)C. The number of hydrogen-bond donors (Lipinski definition) is 0. The summed E-state index contributed by atoms with van der Waals surface area (Å²) in [7, 11) is 8.77. The molecule has 0 heterocycles. The van der Waals surface area contributed by atoms with Crippen LogP contribution in [0.4, 0.5) is 0 Å². The molecule has 0 aromatic heterocycles. The molecule has 0 amide bonds. The Bertz CT molecular complexity index is 424. The fourth-order valence-corrected chi connectivity index (χ4v) is 4.33. The van der Waals surface area contributed by atoms with E-state index in [-0.39, 0.29) is 0 Å². The van der Waals surface area contributed by atoms with Gasteiger partial charge in [-0.3, -0.25) is 0 Å². The van der Waals surface area contributed by atoms with Crippen LogP contribution in [0.15, 0.2) is 22.3 Å². The van der Waals surface area contributed by atoms with Gasteiger partial charge in [0.1, 0.15) is 0 Å². The lowest BCUT2D eigenvalue weighted by Crippen LogP contribution is -2.21. The fourth-order valence-electron chi connectivity index (χ4n) is 4.33. The van der Waals surface area contributed by atoms with Crippen molar-refractivity contribution in [2.45, 2.75) is 54.4 Å². The fraction of sp³-hybridized carbons (Fsp3) is 0.818. The molecule has 0 bridgehead atoms. The summed E-state index contributed by atoms with van der Waals surface area (Å²) >= 11 is 0. The van der Waals surface area contributed by atoms with Gasteiger partial charge in [-0.25, -0.2) is 0 Å². The van der Waals surface area contributed by atoms with Gasteiger partial charge in [0.15, 0.2) is 0 Å². The molecule has 0 spiro atoms. The third-order valence-electron chi connectivity index (χ3n) is 5.21. The molecule has 0 aromatic rings. The molecule has 0 aliphatic heterocycles. The molecule has 140 valence electrons. The summed E-state index contributed by atoms with van der Waals surface area (Å²) in [5.74, 6) is 2.58. The van der Waals surface area contributed by atoms with E-state index in [2.05, 4.69) is 79.5 Å². The van der Waals surface area contributed by atoms with Gasteiger partial charge in [-0.15, -0.1) is 0 Å². The van der Waals surface area contributed by atoms with Crippen LogP contribution >= 0.6 is 0 Å². The summed E-state index contributed by atoms with van der Waals surface area (Å²) < 4.78 is 0. The van der Waals surface area contributed by atoms with Crippen molar-refractivity contribution in [1.29, 1.82) is 0 Å². The number of nitrogens with zero attached hydrogens (tertiary/aromatic N) is 2. The standard InChI is InChI=1S/C22H42N2/c1-15(2)20-18(11-13-23(7)8)21(16(3)4)22(17(5)6)19(20)12-14-24(9)10/h15-17,20H,11-14H2,1-10H3. The zero-order valence-corrected chi connectivity index (χ0v) is 18.0. The largest absolute Gasteiger partial charge is 0.309 e. The van der Waals surface area contributed by atoms with Gasteiger partial charge >= 0.3 is 0 Å². The quantitative estimate of drug-likeness (QED) is 0.580. The monoisotopic (exact) mass is 334 g/mol. The number of allylic oxidation sites excluding steroid dienone is 2. The Morgan fingerprint density at radius 3 is 1.21 bits per heavy atom. The molecular weight excluding hydrogens is 292 g/mol. The van der Waals surface area contributed by atoms with Crippen LogP contribution in [-0.2, 0) is 0 Å². The van der Waals surface area contributed by atoms with E-state index in [1.807, 2.05) is 0 Å². The Morgan fingerprint density at radius 1 is 0.667 bits per heavy atom. The minimum absolute atomic E-state index is 0.623. The van der Waals surface area contributed by atoms with Crippen molar-refractivity contribution in [2.75, 3.05) is 41.3 Å². The second-order valence-corrected chi connectivity index (χ2v) is 9.02. The van der Waals surface area contributed by atoms with Gasteiger partial charge in [0.25, 0.3) is 0 Å². The normalized spacial score (nSPS) is 17.1. The van der Waals surface area contributed by atoms with E-state index in [9.17, 15) is 0 Å². The van der Waals surface area contributed by atoms with Gasteiger partial charge in [0.05, 0.1) is 0 Å². The van der Waals surface area contributed by atoms with Crippen LogP contribution < -0.4 is 0 Å². The van der Waals surface area contributed by atoms with Crippen molar-refractivity contribution < 1.29 is 0 Å². The molecule has 0 saturated heterocycles. The van der Waals surface area contributed by atoms with Crippen LogP contribution in [-0.4, -0.2) is 51.1 Å². The molecule has 0 aromatic carbocycles. The van der Waals surface area contributed by atoms with Crippen molar-refractivity contribution in [3.05, 3.63) is 22.3 Å².